The highest BCUT2D eigenvalue weighted by Gasteiger charge is 2.13. The van der Waals surface area contributed by atoms with Crippen molar-refractivity contribution in [1.29, 1.82) is 0 Å². The molecule has 1 aromatic heterocycles. The molecule has 2 aromatic rings. The maximum atomic E-state index is 5.21. The molecule has 0 saturated carbocycles. The lowest BCUT2D eigenvalue weighted by Gasteiger charge is -2.19. The quantitative estimate of drug-likeness (QED) is 0.904. The highest BCUT2D eigenvalue weighted by Crippen LogP contribution is 2.16. The predicted molar refractivity (Wildman–Crippen MR) is 72.3 cm³/mol. The summed E-state index contributed by atoms with van der Waals surface area (Å²) >= 11 is 0. The van der Waals surface area contributed by atoms with Crippen molar-refractivity contribution in [2.75, 3.05) is 7.11 Å². The minimum atomic E-state index is 0.0190. The number of nitrogens with one attached hydrogen (secondary N) is 1. The van der Waals surface area contributed by atoms with Crippen LogP contribution >= 0.6 is 0 Å². The van der Waals surface area contributed by atoms with Crippen LogP contribution in [0.25, 0.3) is 5.69 Å². The first-order chi connectivity index (χ1) is 8.99. The zero-order chi connectivity index (χ0) is 13.9. The first-order valence-corrected chi connectivity index (χ1v) is 6.16. The van der Waals surface area contributed by atoms with E-state index in [1.54, 1.807) is 11.8 Å². The van der Waals surface area contributed by atoms with Crippen LogP contribution < -0.4 is 10.1 Å². The number of nitrogens with zero attached hydrogens (tertiary/aromatic N) is 4. The average molecular weight is 261 g/mol. The van der Waals surface area contributed by atoms with Crippen LogP contribution in [0.1, 0.15) is 26.6 Å². The van der Waals surface area contributed by atoms with Crippen LogP contribution in [-0.2, 0) is 6.54 Å². The van der Waals surface area contributed by atoms with E-state index in [0.717, 1.165) is 17.3 Å². The molecule has 1 N–H and O–H groups in total. The van der Waals surface area contributed by atoms with Crippen molar-refractivity contribution in [2.24, 2.45) is 0 Å². The molecule has 0 aliphatic carbocycles. The van der Waals surface area contributed by atoms with Gasteiger partial charge in [0.2, 0.25) is 0 Å². The van der Waals surface area contributed by atoms with Gasteiger partial charge in [-0.1, -0.05) is 6.07 Å². The fourth-order valence-electron chi connectivity index (χ4n) is 1.60. The van der Waals surface area contributed by atoms with Crippen LogP contribution in [0.2, 0.25) is 0 Å². The van der Waals surface area contributed by atoms with Crippen LogP contribution in [0.4, 0.5) is 0 Å². The second-order valence-corrected chi connectivity index (χ2v) is 5.31. The van der Waals surface area contributed by atoms with E-state index in [1.807, 2.05) is 24.3 Å². The summed E-state index contributed by atoms with van der Waals surface area (Å²) in [6, 6.07) is 7.65. The fraction of sp³-hybridized carbons (Fsp3) is 0.462. The van der Waals surface area contributed by atoms with E-state index in [2.05, 4.69) is 41.6 Å². The number of hydrogen-bond acceptors (Lipinski definition) is 5. The van der Waals surface area contributed by atoms with Crippen molar-refractivity contribution in [2.45, 2.75) is 32.9 Å². The molecule has 0 atom stereocenters. The molecular formula is C13H19N5O. The molecule has 0 spiro atoms. The molecule has 0 unspecified atom stereocenters. The molecule has 0 saturated heterocycles. The number of benzene rings is 1. The third-order valence-electron chi connectivity index (χ3n) is 2.61. The minimum absolute atomic E-state index is 0.0190. The largest absolute Gasteiger partial charge is 0.497 e. The molecule has 0 amide bonds. The number of hydrogen-bond donors (Lipinski definition) is 1. The molecular weight excluding hydrogens is 242 g/mol. The Bertz CT molecular complexity index is 544. The van der Waals surface area contributed by atoms with E-state index >= 15 is 0 Å². The van der Waals surface area contributed by atoms with Crippen LogP contribution in [0.3, 0.4) is 0 Å². The summed E-state index contributed by atoms with van der Waals surface area (Å²) in [5.74, 6) is 1.55. The molecule has 1 aromatic carbocycles. The van der Waals surface area contributed by atoms with Gasteiger partial charge in [0.1, 0.15) is 5.75 Å². The summed E-state index contributed by atoms with van der Waals surface area (Å²) in [7, 11) is 1.64. The Morgan fingerprint density at radius 1 is 1.32 bits per heavy atom. The standard InChI is InChI=1S/C13H19N5O/c1-13(2,3)14-9-12-15-16-17-18(12)10-6-5-7-11(8-10)19-4/h5-8,14H,9H2,1-4H3. The summed E-state index contributed by atoms with van der Waals surface area (Å²) in [6.45, 7) is 6.92. The lowest BCUT2D eigenvalue weighted by atomic mass is 10.1. The summed E-state index contributed by atoms with van der Waals surface area (Å²) in [6.07, 6.45) is 0. The van der Waals surface area contributed by atoms with Gasteiger partial charge in [-0.25, -0.2) is 0 Å². The molecule has 2 rings (SSSR count). The fourth-order valence-corrected chi connectivity index (χ4v) is 1.60. The zero-order valence-electron chi connectivity index (χ0n) is 11.7. The molecule has 6 heteroatoms. The maximum absolute atomic E-state index is 5.21. The smallest absolute Gasteiger partial charge is 0.170 e. The first-order valence-electron chi connectivity index (χ1n) is 6.16. The van der Waals surface area contributed by atoms with Crippen molar-refractivity contribution >= 4 is 0 Å². The Morgan fingerprint density at radius 2 is 2.11 bits per heavy atom. The number of ether oxygens (including phenoxy) is 1. The Morgan fingerprint density at radius 3 is 2.79 bits per heavy atom. The lowest BCUT2D eigenvalue weighted by molar-refractivity contribution is 0.412. The minimum Gasteiger partial charge on any atom is -0.497 e. The van der Waals surface area contributed by atoms with Gasteiger partial charge >= 0.3 is 0 Å². The van der Waals surface area contributed by atoms with Crippen molar-refractivity contribution in [3.63, 3.8) is 0 Å². The SMILES string of the molecule is COc1cccc(-n2nnnc2CNC(C)(C)C)c1. The van der Waals surface area contributed by atoms with Crippen LogP contribution in [0, 0.1) is 0 Å². The van der Waals surface area contributed by atoms with E-state index in [4.69, 9.17) is 4.74 Å². The monoisotopic (exact) mass is 261 g/mol. The normalized spacial score (nSPS) is 11.6. The zero-order valence-corrected chi connectivity index (χ0v) is 11.7. The Labute approximate surface area is 112 Å². The molecule has 0 radical (unpaired) electrons. The van der Waals surface area contributed by atoms with Gasteiger partial charge in [0.15, 0.2) is 5.82 Å². The summed E-state index contributed by atoms with van der Waals surface area (Å²) < 4.78 is 6.92. The predicted octanol–water partition coefficient (Wildman–Crippen LogP) is 1.56. The molecule has 0 fully saturated rings. The van der Waals surface area contributed by atoms with Gasteiger partial charge in [0.25, 0.3) is 0 Å². The van der Waals surface area contributed by atoms with Crippen LogP contribution in [-0.4, -0.2) is 32.9 Å². The summed E-state index contributed by atoms with van der Waals surface area (Å²) in [5, 5.41) is 15.2. The highest BCUT2D eigenvalue weighted by molar-refractivity contribution is 5.38. The highest BCUT2D eigenvalue weighted by atomic mass is 16.5. The summed E-state index contributed by atoms with van der Waals surface area (Å²) in [5.41, 5.74) is 0.903. The summed E-state index contributed by atoms with van der Waals surface area (Å²) in [4.78, 5) is 0. The Hall–Kier alpha value is -1.95. The molecule has 19 heavy (non-hydrogen) atoms. The van der Waals surface area contributed by atoms with Crippen LogP contribution in [0.5, 0.6) is 5.75 Å². The van der Waals surface area contributed by atoms with E-state index in [1.165, 1.54) is 0 Å². The van der Waals surface area contributed by atoms with Crippen molar-refractivity contribution in [1.82, 2.24) is 25.5 Å². The van der Waals surface area contributed by atoms with Gasteiger partial charge < -0.3 is 10.1 Å². The van der Waals surface area contributed by atoms with Gasteiger partial charge in [0, 0.05) is 11.6 Å². The number of methoxy groups -OCH3 is 1. The Kier molecular flexibility index (Phi) is 3.80. The molecule has 0 bridgehead atoms. The van der Waals surface area contributed by atoms with E-state index < -0.39 is 0 Å². The maximum Gasteiger partial charge on any atom is 0.170 e. The third-order valence-corrected chi connectivity index (χ3v) is 2.61. The average Bonchev–Trinajstić information content (AvgIpc) is 2.84. The lowest BCUT2D eigenvalue weighted by Crippen LogP contribution is -2.35. The van der Waals surface area contributed by atoms with Gasteiger partial charge in [-0.2, -0.15) is 4.68 Å². The second kappa shape index (κ2) is 5.36. The topological polar surface area (TPSA) is 64.9 Å². The molecule has 1 heterocycles. The van der Waals surface area contributed by atoms with E-state index in [-0.39, 0.29) is 5.54 Å². The molecule has 0 aliphatic heterocycles. The van der Waals surface area contributed by atoms with E-state index in [0.29, 0.717) is 6.54 Å². The number of rotatable bonds is 4. The molecule has 0 aliphatic rings. The van der Waals surface area contributed by atoms with Gasteiger partial charge in [-0.3, -0.25) is 0 Å². The molecule has 102 valence electrons. The second-order valence-electron chi connectivity index (χ2n) is 5.31. The third kappa shape index (κ3) is 3.51. The van der Waals surface area contributed by atoms with Crippen molar-refractivity contribution in [3.05, 3.63) is 30.1 Å². The van der Waals surface area contributed by atoms with E-state index in [9.17, 15) is 0 Å². The first kappa shape index (κ1) is 13.5. The van der Waals surface area contributed by atoms with Crippen molar-refractivity contribution in [3.8, 4) is 11.4 Å². The van der Waals surface area contributed by atoms with Crippen molar-refractivity contribution < 1.29 is 4.74 Å². The van der Waals surface area contributed by atoms with Gasteiger partial charge in [0.05, 0.1) is 19.3 Å². The van der Waals surface area contributed by atoms with Gasteiger partial charge in [-0.05, 0) is 43.3 Å². The Balaban J connectivity index is 2.23. The number of tetrazole rings is 1. The number of aromatic nitrogens is 4. The van der Waals surface area contributed by atoms with Gasteiger partial charge in [-0.15, -0.1) is 5.10 Å². The van der Waals surface area contributed by atoms with Crippen LogP contribution in [0.15, 0.2) is 24.3 Å². The molecule has 6 nitrogen and oxygen atoms in total.